The van der Waals surface area contributed by atoms with Gasteiger partial charge in [-0.2, -0.15) is 0 Å². The molecule has 0 radical (unpaired) electrons. The topological polar surface area (TPSA) is 90.0 Å². The van der Waals surface area contributed by atoms with E-state index >= 15 is 0 Å². The molecule has 1 heterocycles. The molecule has 2 unspecified atom stereocenters. The Morgan fingerprint density at radius 2 is 2.05 bits per heavy atom. The van der Waals surface area contributed by atoms with Gasteiger partial charge in [0.2, 0.25) is 5.91 Å². The Morgan fingerprint density at radius 3 is 2.53 bits per heavy atom. The maximum atomic E-state index is 12.1. The zero-order valence-corrected chi connectivity index (χ0v) is 11.5. The summed E-state index contributed by atoms with van der Waals surface area (Å²) in [5, 5.41) is 11.6. The van der Waals surface area contributed by atoms with Crippen LogP contribution in [0, 0.1) is 5.92 Å². The van der Waals surface area contributed by atoms with Crippen molar-refractivity contribution < 1.29 is 19.5 Å². The van der Waals surface area contributed by atoms with Crippen molar-refractivity contribution in [3.63, 3.8) is 0 Å². The van der Waals surface area contributed by atoms with Gasteiger partial charge in [0.05, 0.1) is 5.92 Å². The lowest BCUT2D eigenvalue weighted by Crippen LogP contribution is -2.47. The van der Waals surface area contributed by atoms with Crippen LogP contribution >= 0.6 is 0 Å². The molecule has 0 aromatic rings. The van der Waals surface area contributed by atoms with Gasteiger partial charge in [0, 0.05) is 26.2 Å². The van der Waals surface area contributed by atoms with E-state index in [1.807, 2.05) is 0 Å². The number of carboxylic acid groups (broad SMARTS) is 1. The van der Waals surface area contributed by atoms with Crippen molar-refractivity contribution in [3.05, 3.63) is 0 Å². The minimum absolute atomic E-state index is 0.0202. The van der Waals surface area contributed by atoms with Crippen LogP contribution in [0.3, 0.4) is 0 Å². The number of hydrogen-bond acceptors (Lipinski definition) is 3. The second kappa shape index (κ2) is 6.40. The zero-order valence-electron chi connectivity index (χ0n) is 11.5. The molecule has 0 aromatic carbocycles. The normalized spacial score (nSPS) is 22.2. The molecule has 0 bridgehead atoms. The average molecular weight is 271 g/mol. The zero-order chi connectivity index (χ0) is 14.6. The van der Waals surface area contributed by atoms with Crippen molar-refractivity contribution in [2.24, 2.45) is 5.92 Å². The summed E-state index contributed by atoms with van der Waals surface area (Å²) in [6, 6.07) is -0.649. The Labute approximate surface area is 112 Å². The Bertz CT molecular complexity index is 372. The number of hydrogen-bond donors (Lipinski definition) is 2. The molecule has 0 saturated carbocycles. The van der Waals surface area contributed by atoms with Crippen molar-refractivity contribution in [1.29, 1.82) is 0 Å². The molecule has 7 nitrogen and oxygen atoms in total. The molecule has 1 rings (SSSR count). The molecule has 1 fully saturated rings. The SMILES string of the molecule is CCNC(=O)CN(C)C(=O)N1CCC(C(=O)O)C1C. The van der Waals surface area contributed by atoms with Gasteiger partial charge in [-0.15, -0.1) is 0 Å². The van der Waals surface area contributed by atoms with E-state index in [-0.39, 0.29) is 24.5 Å². The Balaban J connectivity index is 2.58. The van der Waals surface area contributed by atoms with Crippen LogP contribution < -0.4 is 5.32 Å². The molecule has 0 aliphatic carbocycles. The number of nitrogens with zero attached hydrogens (tertiary/aromatic N) is 2. The van der Waals surface area contributed by atoms with Gasteiger partial charge in [-0.05, 0) is 20.3 Å². The Hall–Kier alpha value is -1.79. The van der Waals surface area contributed by atoms with Gasteiger partial charge < -0.3 is 20.2 Å². The molecule has 3 amide bonds. The predicted octanol–water partition coefficient (Wildman–Crippen LogP) is -0.0307. The molecule has 7 heteroatoms. The lowest BCUT2D eigenvalue weighted by Gasteiger charge is -2.28. The summed E-state index contributed by atoms with van der Waals surface area (Å²) in [7, 11) is 1.54. The fraction of sp³-hybridized carbons (Fsp3) is 0.750. The summed E-state index contributed by atoms with van der Waals surface area (Å²) in [5.41, 5.74) is 0. The van der Waals surface area contributed by atoms with Crippen LogP contribution in [0.1, 0.15) is 20.3 Å². The first-order chi connectivity index (χ1) is 8.88. The van der Waals surface area contributed by atoms with E-state index in [4.69, 9.17) is 5.11 Å². The summed E-state index contributed by atoms with van der Waals surface area (Å²) >= 11 is 0. The minimum Gasteiger partial charge on any atom is -0.481 e. The summed E-state index contributed by atoms with van der Waals surface area (Å²) in [5.74, 6) is -1.63. The fourth-order valence-electron chi connectivity index (χ4n) is 2.30. The van der Waals surface area contributed by atoms with Gasteiger partial charge in [0.25, 0.3) is 0 Å². The number of likely N-dealkylation sites (N-methyl/N-ethyl adjacent to an activating group) is 2. The molecule has 1 aliphatic heterocycles. The number of rotatable bonds is 4. The number of urea groups is 1. The molecule has 2 atom stereocenters. The minimum atomic E-state index is -0.880. The van der Waals surface area contributed by atoms with E-state index in [1.54, 1.807) is 20.9 Å². The molecule has 108 valence electrons. The van der Waals surface area contributed by atoms with Crippen molar-refractivity contribution in [1.82, 2.24) is 15.1 Å². The largest absolute Gasteiger partial charge is 0.481 e. The highest BCUT2D eigenvalue weighted by Gasteiger charge is 2.39. The highest BCUT2D eigenvalue weighted by atomic mass is 16.4. The highest BCUT2D eigenvalue weighted by Crippen LogP contribution is 2.25. The van der Waals surface area contributed by atoms with Crippen molar-refractivity contribution in [3.8, 4) is 0 Å². The molecule has 1 aliphatic rings. The quantitative estimate of drug-likeness (QED) is 0.751. The van der Waals surface area contributed by atoms with Crippen LogP contribution in [0.2, 0.25) is 0 Å². The van der Waals surface area contributed by atoms with E-state index in [1.165, 1.54) is 9.80 Å². The van der Waals surface area contributed by atoms with Crippen LogP contribution in [-0.2, 0) is 9.59 Å². The lowest BCUT2D eigenvalue weighted by molar-refractivity contribution is -0.142. The number of aliphatic carboxylic acids is 1. The van der Waals surface area contributed by atoms with Gasteiger partial charge in [-0.1, -0.05) is 0 Å². The fourth-order valence-corrected chi connectivity index (χ4v) is 2.30. The Morgan fingerprint density at radius 1 is 1.42 bits per heavy atom. The number of carbonyl (C=O) groups excluding carboxylic acids is 2. The molecule has 1 saturated heterocycles. The first-order valence-corrected chi connectivity index (χ1v) is 6.39. The standard InChI is InChI=1S/C12H21N3O4/c1-4-13-10(16)7-14(3)12(19)15-6-5-9(8(15)2)11(17)18/h8-9H,4-7H2,1-3H3,(H,13,16)(H,17,18). The lowest BCUT2D eigenvalue weighted by atomic mass is 10.0. The summed E-state index contributed by atoms with van der Waals surface area (Å²) in [6.45, 7) is 4.44. The number of carboxylic acids is 1. The molecule has 2 N–H and O–H groups in total. The number of carbonyl (C=O) groups is 3. The molecular weight excluding hydrogens is 250 g/mol. The molecule has 0 spiro atoms. The van der Waals surface area contributed by atoms with E-state index in [0.29, 0.717) is 19.5 Å². The summed E-state index contributed by atoms with van der Waals surface area (Å²) in [4.78, 5) is 37.4. The van der Waals surface area contributed by atoms with Crippen LogP contribution in [0.4, 0.5) is 4.79 Å². The van der Waals surface area contributed by atoms with Gasteiger partial charge in [-0.25, -0.2) is 4.79 Å². The number of likely N-dealkylation sites (tertiary alicyclic amines) is 1. The van der Waals surface area contributed by atoms with Gasteiger partial charge in [0.1, 0.15) is 6.54 Å². The monoisotopic (exact) mass is 271 g/mol. The van der Waals surface area contributed by atoms with Crippen LogP contribution in [-0.4, -0.2) is 65.5 Å². The molecule has 19 heavy (non-hydrogen) atoms. The van der Waals surface area contributed by atoms with E-state index < -0.39 is 11.9 Å². The maximum absolute atomic E-state index is 12.1. The summed E-state index contributed by atoms with van der Waals surface area (Å²) < 4.78 is 0. The van der Waals surface area contributed by atoms with Crippen molar-refractivity contribution in [2.75, 3.05) is 26.7 Å². The van der Waals surface area contributed by atoms with E-state index in [9.17, 15) is 14.4 Å². The maximum Gasteiger partial charge on any atom is 0.320 e. The molecule has 0 aromatic heterocycles. The number of nitrogens with one attached hydrogen (secondary N) is 1. The van der Waals surface area contributed by atoms with Gasteiger partial charge in [-0.3, -0.25) is 9.59 Å². The average Bonchev–Trinajstić information content (AvgIpc) is 2.70. The third kappa shape index (κ3) is 3.59. The predicted molar refractivity (Wildman–Crippen MR) is 68.6 cm³/mol. The number of amides is 3. The van der Waals surface area contributed by atoms with Crippen LogP contribution in [0.5, 0.6) is 0 Å². The van der Waals surface area contributed by atoms with Crippen molar-refractivity contribution in [2.45, 2.75) is 26.3 Å². The third-order valence-electron chi connectivity index (χ3n) is 3.40. The second-order valence-corrected chi connectivity index (χ2v) is 4.76. The smallest absolute Gasteiger partial charge is 0.320 e. The summed E-state index contributed by atoms with van der Waals surface area (Å²) in [6.07, 6.45) is 0.456. The second-order valence-electron chi connectivity index (χ2n) is 4.76. The highest BCUT2D eigenvalue weighted by molar-refractivity contribution is 5.84. The van der Waals surface area contributed by atoms with E-state index in [0.717, 1.165) is 0 Å². The van der Waals surface area contributed by atoms with E-state index in [2.05, 4.69) is 5.32 Å². The third-order valence-corrected chi connectivity index (χ3v) is 3.40. The first kappa shape index (κ1) is 15.3. The first-order valence-electron chi connectivity index (χ1n) is 6.39. The van der Waals surface area contributed by atoms with Crippen LogP contribution in [0.25, 0.3) is 0 Å². The van der Waals surface area contributed by atoms with Gasteiger partial charge in [0.15, 0.2) is 0 Å². The van der Waals surface area contributed by atoms with Crippen molar-refractivity contribution >= 4 is 17.9 Å². The van der Waals surface area contributed by atoms with Crippen LogP contribution in [0.15, 0.2) is 0 Å². The van der Waals surface area contributed by atoms with Gasteiger partial charge >= 0.3 is 12.0 Å². The Kier molecular flexibility index (Phi) is 5.14. The molecular formula is C12H21N3O4.